The lowest BCUT2D eigenvalue weighted by Gasteiger charge is -2.30. The van der Waals surface area contributed by atoms with Crippen LogP contribution in [0.2, 0.25) is 0 Å². The Balaban J connectivity index is 1.75. The van der Waals surface area contributed by atoms with Crippen molar-refractivity contribution in [2.24, 2.45) is 5.41 Å². The molecule has 2 nitrogen and oxygen atoms in total. The maximum Gasteiger partial charge on any atom is 0.0541 e. The molecule has 0 radical (unpaired) electrons. The first-order valence-electron chi connectivity index (χ1n) is 7.49. The fourth-order valence-electron chi connectivity index (χ4n) is 3.40. The van der Waals surface area contributed by atoms with Gasteiger partial charge in [-0.3, -0.25) is 0 Å². The fourth-order valence-corrected chi connectivity index (χ4v) is 3.40. The smallest absolute Gasteiger partial charge is 0.0541 e. The second-order valence-corrected chi connectivity index (χ2v) is 6.96. The number of hydrogen-bond acceptors (Lipinski definition) is 2. The van der Waals surface area contributed by atoms with Gasteiger partial charge in [0.15, 0.2) is 0 Å². The van der Waals surface area contributed by atoms with Gasteiger partial charge in [-0.2, -0.15) is 0 Å². The van der Waals surface area contributed by atoms with Crippen molar-refractivity contribution < 1.29 is 5.11 Å². The first-order chi connectivity index (χ1) is 8.05. The molecule has 2 N–H and O–H groups in total. The van der Waals surface area contributed by atoms with Crippen LogP contribution >= 0.6 is 0 Å². The molecule has 0 spiro atoms. The molecule has 0 aromatic carbocycles. The van der Waals surface area contributed by atoms with Crippen molar-refractivity contribution in [1.82, 2.24) is 5.32 Å². The van der Waals surface area contributed by atoms with Crippen LogP contribution in [0.5, 0.6) is 0 Å². The van der Waals surface area contributed by atoms with Gasteiger partial charge in [-0.15, -0.1) is 0 Å². The van der Waals surface area contributed by atoms with Gasteiger partial charge in [-0.05, 0) is 56.8 Å². The van der Waals surface area contributed by atoms with Crippen molar-refractivity contribution in [3.63, 3.8) is 0 Å². The summed E-state index contributed by atoms with van der Waals surface area (Å²) in [5.41, 5.74) is 0.555. The number of hydrogen-bond donors (Lipinski definition) is 2. The maximum atomic E-state index is 9.52. The zero-order chi connectivity index (χ0) is 12.3. The van der Waals surface area contributed by atoms with Crippen LogP contribution in [0.15, 0.2) is 0 Å². The molecule has 2 aliphatic carbocycles. The number of rotatable bonds is 2. The van der Waals surface area contributed by atoms with Gasteiger partial charge >= 0.3 is 0 Å². The van der Waals surface area contributed by atoms with Crippen LogP contribution < -0.4 is 5.32 Å². The van der Waals surface area contributed by atoms with E-state index in [9.17, 15) is 5.11 Å². The highest BCUT2D eigenvalue weighted by molar-refractivity contribution is 4.84. The van der Waals surface area contributed by atoms with Crippen molar-refractivity contribution in [2.45, 2.75) is 89.8 Å². The third kappa shape index (κ3) is 4.26. The van der Waals surface area contributed by atoms with E-state index in [-0.39, 0.29) is 6.10 Å². The Morgan fingerprint density at radius 3 is 2.24 bits per heavy atom. The van der Waals surface area contributed by atoms with Gasteiger partial charge in [0.25, 0.3) is 0 Å². The normalized spacial score (nSPS) is 38.6. The molecule has 2 heteroatoms. The maximum absolute atomic E-state index is 9.52. The van der Waals surface area contributed by atoms with E-state index in [0.717, 1.165) is 18.9 Å². The molecule has 1 atom stereocenters. The molecule has 2 saturated carbocycles. The summed E-state index contributed by atoms with van der Waals surface area (Å²) >= 11 is 0. The second kappa shape index (κ2) is 5.71. The monoisotopic (exact) mass is 239 g/mol. The molecule has 0 aromatic rings. The van der Waals surface area contributed by atoms with Gasteiger partial charge in [0, 0.05) is 12.1 Å². The minimum Gasteiger partial charge on any atom is -0.393 e. The van der Waals surface area contributed by atoms with Crippen molar-refractivity contribution in [1.29, 1.82) is 0 Å². The van der Waals surface area contributed by atoms with Crippen LogP contribution in [0, 0.1) is 5.41 Å². The lowest BCUT2D eigenvalue weighted by molar-refractivity contribution is 0.113. The van der Waals surface area contributed by atoms with E-state index in [1.165, 1.54) is 44.9 Å². The minimum atomic E-state index is -0.0267. The summed E-state index contributed by atoms with van der Waals surface area (Å²) < 4.78 is 0. The number of aliphatic hydroxyl groups is 1. The number of nitrogens with one attached hydrogen (secondary N) is 1. The largest absolute Gasteiger partial charge is 0.393 e. The molecule has 2 fully saturated rings. The van der Waals surface area contributed by atoms with Gasteiger partial charge in [-0.25, -0.2) is 0 Å². The molecule has 0 amide bonds. The molecular formula is C15H29NO. The first-order valence-corrected chi connectivity index (χ1v) is 7.49. The lowest BCUT2D eigenvalue weighted by Crippen LogP contribution is -2.41. The van der Waals surface area contributed by atoms with Gasteiger partial charge in [0.2, 0.25) is 0 Å². The van der Waals surface area contributed by atoms with Crippen LogP contribution in [0.4, 0.5) is 0 Å². The molecule has 0 saturated heterocycles. The molecule has 0 bridgehead atoms. The summed E-state index contributed by atoms with van der Waals surface area (Å²) in [7, 11) is 0. The Hall–Kier alpha value is -0.0800. The molecule has 2 rings (SSSR count). The SMILES string of the molecule is CC1(C)CCCC(NC2CCC(O)CC2)CC1. The topological polar surface area (TPSA) is 32.3 Å². The van der Waals surface area contributed by atoms with Crippen molar-refractivity contribution in [3.05, 3.63) is 0 Å². The van der Waals surface area contributed by atoms with Crippen molar-refractivity contribution >= 4 is 0 Å². The van der Waals surface area contributed by atoms with Crippen LogP contribution in [0.3, 0.4) is 0 Å². The van der Waals surface area contributed by atoms with E-state index in [0.29, 0.717) is 11.5 Å². The number of aliphatic hydroxyl groups excluding tert-OH is 1. The van der Waals surface area contributed by atoms with Gasteiger partial charge < -0.3 is 10.4 Å². The van der Waals surface area contributed by atoms with Crippen LogP contribution in [0.25, 0.3) is 0 Å². The van der Waals surface area contributed by atoms with E-state index in [4.69, 9.17) is 0 Å². The summed E-state index contributed by atoms with van der Waals surface area (Å²) in [4.78, 5) is 0. The average Bonchev–Trinajstić information content (AvgIpc) is 2.44. The van der Waals surface area contributed by atoms with E-state index < -0.39 is 0 Å². The van der Waals surface area contributed by atoms with E-state index in [2.05, 4.69) is 19.2 Å². The molecule has 100 valence electrons. The van der Waals surface area contributed by atoms with Gasteiger partial charge in [0.05, 0.1) is 6.10 Å². The molecule has 0 heterocycles. The van der Waals surface area contributed by atoms with Crippen molar-refractivity contribution in [2.75, 3.05) is 0 Å². The highest BCUT2D eigenvalue weighted by atomic mass is 16.3. The molecule has 17 heavy (non-hydrogen) atoms. The third-order valence-electron chi connectivity index (χ3n) is 4.74. The lowest BCUT2D eigenvalue weighted by atomic mass is 9.85. The summed E-state index contributed by atoms with van der Waals surface area (Å²) in [6.07, 6.45) is 11.1. The standard InChI is InChI=1S/C15H29NO/c1-15(2)10-3-4-12(9-11-15)16-13-5-7-14(17)8-6-13/h12-14,16-17H,3-11H2,1-2H3. The molecular weight excluding hydrogens is 210 g/mol. The fraction of sp³-hybridized carbons (Fsp3) is 1.00. The van der Waals surface area contributed by atoms with Gasteiger partial charge in [-0.1, -0.05) is 20.3 Å². The summed E-state index contributed by atoms with van der Waals surface area (Å²) in [6, 6.07) is 1.40. The average molecular weight is 239 g/mol. The van der Waals surface area contributed by atoms with E-state index >= 15 is 0 Å². The Kier molecular flexibility index (Phi) is 4.48. The summed E-state index contributed by atoms with van der Waals surface area (Å²) in [5, 5.41) is 13.4. The van der Waals surface area contributed by atoms with E-state index in [1.807, 2.05) is 0 Å². The highest BCUT2D eigenvalue weighted by Crippen LogP contribution is 2.34. The van der Waals surface area contributed by atoms with Crippen LogP contribution in [-0.2, 0) is 0 Å². The van der Waals surface area contributed by atoms with Gasteiger partial charge in [0.1, 0.15) is 0 Å². The molecule has 0 aliphatic heterocycles. The quantitative estimate of drug-likeness (QED) is 0.725. The molecule has 0 aromatic heterocycles. The zero-order valence-electron chi connectivity index (χ0n) is 11.5. The predicted molar refractivity (Wildman–Crippen MR) is 72.1 cm³/mol. The Morgan fingerprint density at radius 2 is 1.53 bits per heavy atom. The highest BCUT2D eigenvalue weighted by Gasteiger charge is 2.26. The van der Waals surface area contributed by atoms with Crippen molar-refractivity contribution in [3.8, 4) is 0 Å². The summed E-state index contributed by atoms with van der Waals surface area (Å²) in [5.74, 6) is 0. The third-order valence-corrected chi connectivity index (χ3v) is 4.74. The van der Waals surface area contributed by atoms with Crippen LogP contribution in [0.1, 0.15) is 71.6 Å². The molecule has 1 unspecified atom stereocenters. The Morgan fingerprint density at radius 1 is 0.882 bits per heavy atom. The predicted octanol–water partition coefficient (Wildman–Crippen LogP) is 3.24. The Bertz CT molecular complexity index is 231. The molecule has 2 aliphatic rings. The second-order valence-electron chi connectivity index (χ2n) is 6.96. The van der Waals surface area contributed by atoms with Crippen LogP contribution in [-0.4, -0.2) is 23.3 Å². The summed E-state index contributed by atoms with van der Waals surface area (Å²) in [6.45, 7) is 4.82. The Labute approximate surface area is 106 Å². The first kappa shape index (κ1) is 13.4. The minimum absolute atomic E-state index is 0.0267. The zero-order valence-corrected chi connectivity index (χ0v) is 11.5. The van der Waals surface area contributed by atoms with E-state index in [1.54, 1.807) is 0 Å².